The number of rotatable bonds is 6. The molecule has 0 aliphatic heterocycles. The van der Waals surface area contributed by atoms with Crippen LogP contribution in [0.3, 0.4) is 0 Å². The standard InChI is InChI=1S/C23H26Cl2N2O2S/c1-15-12-20(10-11-21(15)25)26-23(30)27(14-17-4-8-19(24)9-5-17)13-16-2-6-18(7-3-16)22(28)29/h4-5,8-12,16,18H,2-3,6-7,13-14H2,1H3,(H,26,30)(H,28,29)/p-1. The summed E-state index contributed by atoms with van der Waals surface area (Å²) in [7, 11) is 0. The number of anilines is 1. The van der Waals surface area contributed by atoms with E-state index in [2.05, 4.69) is 10.2 Å². The second-order valence-electron chi connectivity index (χ2n) is 7.94. The van der Waals surface area contributed by atoms with Crippen LogP contribution in [0.5, 0.6) is 0 Å². The van der Waals surface area contributed by atoms with Crippen LogP contribution in [0.15, 0.2) is 42.5 Å². The van der Waals surface area contributed by atoms with Crippen molar-refractivity contribution in [3.05, 3.63) is 63.6 Å². The molecule has 160 valence electrons. The molecule has 4 nitrogen and oxygen atoms in total. The Morgan fingerprint density at radius 3 is 2.40 bits per heavy atom. The van der Waals surface area contributed by atoms with Crippen LogP contribution in [0.1, 0.15) is 36.8 Å². The summed E-state index contributed by atoms with van der Waals surface area (Å²) in [5.41, 5.74) is 2.98. The number of hydrogen-bond donors (Lipinski definition) is 1. The van der Waals surface area contributed by atoms with Crippen molar-refractivity contribution < 1.29 is 9.90 Å². The van der Waals surface area contributed by atoms with Crippen LogP contribution in [0, 0.1) is 18.8 Å². The normalized spacial score (nSPS) is 18.6. The molecule has 1 saturated carbocycles. The summed E-state index contributed by atoms with van der Waals surface area (Å²) < 4.78 is 0. The molecule has 3 rings (SSSR count). The molecule has 0 radical (unpaired) electrons. The number of hydrogen-bond acceptors (Lipinski definition) is 3. The van der Waals surface area contributed by atoms with Crippen LogP contribution in [-0.2, 0) is 11.3 Å². The number of aliphatic carboxylic acids is 1. The minimum Gasteiger partial charge on any atom is -0.550 e. The Morgan fingerprint density at radius 1 is 1.13 bits per heavy atom. The molecule has 2 aromatic rings. The molecular weight excluding hydrogens is 439 g/mol. The Kier molecular flexibility index (Phi) is 7.98. The Labute approximate surface area is 193 Å². The first-order valence-corrected chi connectivity index (χ1v) is 11.3. The summed E-state index contributed by atoms with van der Waals surface area (Å²) in [4.78, 5) is 13.3. The van der Waals surface area contributed by atoms with Gasteiger partial charge in [0.25, 0.3) is 0 Å². The second kappa shape index (κ2) is 10.5. The Balaban J connectivity index is 1.71. The van der Waals surface area contributed by atoms with Crippen LogP contribution >= 0.6 is 35.4 Å². The number of thiocarbonyl (C=S) groups is 1. The molecule has 0 amide bonds. The summed E-state index contributed by atoms with van der Waals surface area (Å²) in [5.74, 6) is -0.866. The van der Waals surface area contributed by atoms with Gasteiger partial charge in [0, 0.05) is 34.8 Å². The van der Waals surface area contributed by atoms with Crippen LogP contribution in [-0.4, -0.2) is 22.5 Å². The van der Waals surface area contributed by atoms with Crippen LogP contribution in [0.2, 0.25) is 10.0 Å². The van der Waals surface area contributed by atoms with Crippen LogP contribution in [0.25, 0.3) is 0 Å². The topological polar surface area (TPSA) is 55.4 Å². The predicted octanol–water partition coefficient (Wildman–Crippen LogP) is 5.06. The van der Waals surface area contributed by atoms with Crippen molar-refractivity contribution in [3.8, 4) is 0 Å². The minimum absolute atomic E-state index is 0.326. The largest absolute Gasteiger partial charge is 0.550 e. The van der Waals surface area contributed by atoms with E-state index < -0.39 is 5.97 Å². The van der Waals surface area contributed by atoms with E-state index in [1.807, 2.05) is 49.4 Å². The van der Waals surface area contributed by atoms with Crippen LogP contribution in [0.4, 0.5) is 5.69 Å². The zero-order valence-corrected chi connectivity index (χ0v) is 19.2. The van der Waals surface area contributed by atoms with Gasteiger partial charge in [-0.25, -0.2) is 0 Å². The first kappa shape index (κ1) is 22.9. The smallest absolute Gasteiger partial charge is 0.173 e. The van der Waals surface area contributed by atoms with Gasteiger partial charge >= 0.3 is 0 Å². The van der Waals surface area contributed by atoms with E-state index in [9.17, 15) is 9.90 Å². The van der Waals surface area contributed by atoms with Crippen molar-refractivity contribution >= 4 is 52.2 Å². The third kappa shape index (κ3) is 6.34. The third-order valence-corrected chi connectivity index (χ3v) is 6.68. The van der Waals surface area contributed by atoms with Gasteiger partial charge in [-0.1, -0.05) is 35.3 Å². The van der Waals surface area contributed by atoms with Crippen molar-refractivity contribution in [2.24, 2.45) is 11.8 Å². The van der Waals surface area contributed by atoms with Gasteiger partial charge in [-0.05, 0) is 98.1 Å². The van der Waals surface area contributed by atoms with Gasteiger partial charge in [-0.2, -0.15) is 0 Å². The summed E-state index contributed by atoms with van der Waals surface area (Å²) in [6.07, 6.45) is 3.05. The van der Waals surface area contributed by atoms with E-state index in [4.69, 9.17) is 35.4 Å². The number of benzene rings is 2. The first-order chi connectivity index (χ1) is 14.3. The molecular formula is C23H25Cl2N2O2S-. The molecule has 0 unspecified atom stereocenters. The first-order valence-electron chi connectivity index (χ1n) is 10.1. The molecule has 1 aliphatic rings. The molecule has 0 atom stereocenters. The van der Waals surface area contributed by atoms with Crippen molar-refractivity contribution in [1.82, 2.24) is 4.90 Å². The lowest BCUT2D eigenvalue weighted by Crippen LogP contribution is -2.40. The SMILES string of the molecule is Cc1cc(NC(=S)N(Cc2ccc(Cl)cc2)CC2CCC(C(=O)[O-])CC2)ccc1Cl. The van der Waals surface area contributed by atoms with Crippen molar-refractivity contribution in [2.45, 2.75) is 39.2 Å². The summed E-state index contributed by atoms with van der Waals surface area (Å²) >= 11 is 17.9. The van der Waals surface area contributed by atoms with E-state index in [-0.39, 0.29) is 5.92 Å². The van der Waals surface area contributed by atoms with Gasteiger partial charge in [-0.3, -0.25) is 0 Å². The molecule has 2 aromatic carbocycles. The lowest BCUT2D eigenvalue weighted by molar-refractivity contribution is -0.312. The zero-order valence-electron chi connectivity index (χ0n) is 16.9. The lowest BCUT2D eigenvalue weighted by atomic mass is 9.82. The van der Waals surface area contributed by atoms with Gasteiger partial charge in [0.05, 0.1) is 0 Å². The quantitative estimate of drug-likeness (QED) is 0.606. The monoisotopic (exact) mass is 463 g/mol. The fourth-order valence-corrected chi connectivity index (χ4v) is 4.35. The maximum Gasteiger partial charge on any atom is 0.173 e. The highest BCUT2D eigenvalue weighted by atomic mass is 35.5. The number of nitrogens with one attached hydrogen (secondary N) is 1. The number of carboxylic acid groups (broad SMARTS) is 1. The Morgan fingerprint density at radius 2 is 1.80 bits per heavy atom. The van der Waals surface area contributed by atoms with Gasteiger partial charge in [0.1, 0.15) is 0 Å². The molecule has 0 heterocycles. The fraction of sp³-hybridized carbons (Fsp3) is 0.391. The van der Waals surface area contributed by atoms with E-state index in [0.717, 1.165) is 36.2 Å². The highest BCUT2D eigenvalue weighted by Crippen LogP contribution is 2.30. The van der Waals surface area contributed by atoms with Gasteiger partial charge in [0.15, 0.2) is 5.11 Å². The zero-order chi connectivity index (χ0) is 21.7. The maximum absolute atomic E-state index is 11.1. The number of carbonyl (C=O) groups excluding carboxylic acids is 1. The molecule has 0 aromatic heterocycles. The minimum atomic E-state index is -0.929. The van der Waals surface area contributed by atoms with E-state index in [1.165, 1.54) is 0 Å². The molecule has 1 aliphatic carbocycles. The number of aryl methyl sites for hydroxylation is 1. The molecule has 1 fully saturated rings. The molecule has 30 heavy (non-hydrogen) atoms. The molecule has 0 saturated heterocycles. The molecule has 7 heteroatoms. The summed E-state index contributed by atoms with van der Waals surface area (Å²) in [6, 6.07) is 13.5. The van der Waals surface area contributed by atoms with Crippen molar-refractivity contribution in [1.29, 1.82) is 0 Å². The second-order valence-corrected chi connectivity index (χ2v) is 9.17. The number of nitrogens with zero attached hydrogens (tertiary/aromatic N) is 1. The maximum atomic E-state index is 11.1. The van der Waals surface area contributed by atoms with E-state index >= 15 is 0 Å². The van der Waals surface area contributed by atoms with E-state index in [0.29, 0.717) is 40.5 Å². The third-order valence-electron chi connectivity index (χ3n) is 5.64. The number of carboxylic acids is 1. The molecule has 1 N–H and O–H groups in total. The van der Waals surface area contributed by atoms with Crippen molar-refractivity contribution in [3.63, 3.8) is 0 Å². The van der Waals surface area contributed by atoms with Gasteiger partial charge in [0.2, 0.25) is 0 Å². The van der Waals surface area contributed by atoms with E-state index in [1.54, 1.807) is 0 Å². The van der Waals surface area contributed by atoms with Crippen molar-refractivity contribution in [2.75, 3.05) is 11.9 Å². The number of carbonyl (C=O) groups is 1. The average Bonchev–Trinajstić information content (AvgIpc) is 2.72. The summed E-state index contributed by atoms with van der Waals surface area (Å²) in [5, 5.41) is 16.5. The highest BCUT2D eigenvalue weighted by Gasteiger charge is 2.24. The lowest BCUT2D eigenvalue weighted by Gasteiger charge is -2.34. The Hall–Kier alpha value is -1.82. The fourth-order valence-electron chi connectivity index (χ4n) is 3.85. The van der Waals surface area contributed by atoms with Gasteiger partial charge in [-0.15, -0.1) is 0 Å². The number of halogens is 2. The average molecular weight is 464 g/mol. The van der Waals surface area contributed by atoms with Gasteiger partial charge < -0.3 is 20.1 Å². The molecule has 0 spiro atoms. The predicted molar refractivity (Wildman–Crippen MR) is 125 cm³/mol. The highest BCUT2D eigenvalue weighted by molar-refractivity contribution is 7.80. The Bertz CT molecular complexity index is 897. The molecule has 0 bridgehead atoms. The van der Waals surface area contributed by atoms with Crippen LogP contribution < -0.4 is 10.4 Å². The summed E-state index contributed by atoms with van der Waals surface area (Å²) in [6.45, 7) is 3.37.